The average molecular weight is 323 g/mol. The summed E-state index contributed by atoms with van der Waals surface area (Å²) in [4.78, 5) is 26.1. The maximum atomic E-state index is 12.3. The molecule has 2 unspecified atom stereocenters. The molecule has 2 aliphatic heterocycles. The number of amides is 2. The number of rotatable bonds is 4. The van der Waals surface area contributed by atoms with E-state index in [4.69, 9.17) is 16.3 Å². The number of hydrogen-bond acceptors (Lipinski definition) is 3. The summed E-state index contributed by atoms with van der Waals surface area (Å²) in [5.41, 5.74) is 0.694. The highest BCUT2D eigenvalue weighted by Gasteiger charge is 2.35. The number of ether oxygens (including phenoxy) is 1. The Morgan fingerprint density at radius 2 is 2.14 bits per heavy atom. The molecular formula is C16H19ClN2O3. The fourth-order valence-corrected chi connectivity index (χ4v) is 3.06. The molecule has 2 aliphatic rings. The van der Waals surface area contributed by atoms with Crippen LogP contribution in [0.5, 0.6) is 0 Å². The van der Waals surface area contributed by atoms with Gasteiger partial charge in [0.2, 0.25) is 11.8 Å². The maximum Gasteiger partial charge on any atom is 0.229 e. The van der Waals surface area contributed by atoms with Gasteiger partial charge in [0.15, 0.2) is 0 Å². The summed E-state index contributed by atoms with van der Waals surface area (Å²) in [6.45, 7) is 1.84. The van der Waals surface area contributed by atoms with Crippen LogP contribution in [0.25, 0.3) is 0 Å². The highest BCUT2D eigenvalue weighted by molar-refractivity contribution is 6.30. The second-order valence-corrected chi connectivity index (χ2v) is 6.27. The fourth-order valence-electron chi connectivity index (χ4n) is 2.94. The van der Waals surface area contributed by atoms with Crippen LogP contribution in [-0.4, -0.2) is 42.5 Å². The van der Waals surface area contributed by atoms with E-state index < -0.39 is 0 Å². The van der Waals surface area contributed by atoms with Crippen molar-refractivity contribution in [3.8, 4) is 0 Å². The van der Waals surface area contributed by atoms with Crippen LogP contribution in [-0.2, 0) is 14.3 Å². The van der Waals surface area contributed by atoms with Crippen molar-refractivity contribution in [1.29, 1.82) is 0 Å². The van der Waals surface area contributed by atoms with Crippen molar-refractivity contribution in [3.63, 3.8) is 0 Å². The summed E-state index contributed by atoms with van der Waals surface area (Å²) in [6.07, 6.45) is 2.44. The number of hydrogen-bond donors (Lipinski definition) is 1. The van der Waals surface area contributed by atoms with E-state index in [2.05, 4.69) is 5.32 Å². The van der Waals surface area contributed by atoms with Gasteiger partial charge in [0.1, 0.15) is 0 Å². The van der Waals surface area contributed by atoms with Gasteiger partial charge < -0.3 is 15.0 Å². The van der Waals surface area contributed by atoms with Crippen molar-refractivity contribution in [2.24, 2.45) is 5.92 Å². The third kappa shape index (κ3) is 3.59. The lowest BCUT2D eigenvalue weighted by atomic mass is 10.1. The largest absolute Gasteiger partial charge is 0.376 e. The van der Waals surface area contributed by atoms with Crippen LogP contribution in [0.3, 0.4) is 0 Å². The molecule has 2 fully saturated rings. The van der Waals surface area contributed by atoms with Gasteiger partial charge in [-0.3, -0.25) is 9.59 Å². The molecule has 5 nitrogen and oxygen atoms in total. The maximum absolute atomic E-state index is 12.3. The van der Waals surface area contributed by atoms with Crippen LogP contribution in [0, 0.1) is 5.92 Å². The Morgan fingerprint density at radius 3 is 2.82 bits per heavy atom. The lowest BCUT2D eigenvalue weighted by Crippen LogP contribution is -2.34. The van der Waals surface area contributed by atoms with E-state index in [-0.39, 0.29) is 30.3 Å². The van der Waals surface area contributed by atoms with Gasteiger partial charge in [-0.1, -0.05) is 11.6 Å². The highest BCUT2D eigenvalue weighted by Crippen LogP contribution is 2.23. The number of likely N-dealkylation sites (tertiary alicyclic amines) is 1. The Labute approximate surface area is 134 Å². The van der Waals surface area contributed by atoms with Gasteiger partial charge in [-0.05, 0) is 37.1 Å². The Hall–Kier alpha value is -1.59. The molecule has 2 heterocycles. The summed E-state index contributed by atoms with van der Waals surface area (Å²) in [5, 5.41) is 3.46. The van der Waals surface area contributed by atoms with Crippen LogP contribution in [0.1, 0.15) is 19.3 Å². The van der Waals surface area contributed by atoms with Gasteiger partial charge in [0.05, 0.1) is 12.0 Å². The van der Waals surface area contributed by atoms with Crippen molar-refractivity contribution in [2.45, 2.75) is 25.4 Å². The Bertz CT molecular complexity index is 555. The van der Waals surface area contributed by atoms with Crippen LogP contribution >= 0.6 is 11.6 Å². The van der Waals surface area contributed by atoms with Crippen LogP contribution in [0.2, 0.25) is 5.02 Å². The molecule has 6 heteroatoms. The minimum Gasteiger partial charge on any atom is -0.376 e. The molecule has 118 valence electrons. The normalized spacial score (nSPS) is 24.8. The molecule has 0 bridgehead atoms. The quantitative estimate of drug-likeness (QED) is 0.925. The van der Waals surface area contributed by atoms with E-state index in [1.807, 2.05) is 0 Å². The first-order chi connectivity index (χ1) is 10.6. The number of nitrogens with zero attached hydrogens (tertiary/aromatic N) is 1. The predicted octanol–water partition coefficient (Wildman–Crippen LogP) is 2.31. The number of nitrogens with one attached hydrogen (secondary N) is 1. The first-order valence-corrected chi connectivity index (χ1v) is 7.95. The first kappa shape index (κ1) is 15.3. The zero-order valence-electron chi connectivity index (χ0n) is 12.3. The molecule has 0 aromatic heterocycles. The molecule has 0 radical (unpaired) electrons. The molecule has 0 aliphatic carbocycles. The summed E-state index contributed by atoms with van der Waals surface area (Å²) in [6, 6.07) is 6.95. The molecule has 2 atom stereocenters. The number of anilines is 1. The first-order valence-electron chi connectivity index (χ1n) is 7.57. The van der Waals surface area contributed by atoms with Crippen molar-refractivity contribution in [1.82, 2.24) is 4.90 Å². The highest BCUT2D eigenvalue weighted by atomic mass is 35.5. The summed E-state index contributed by atoms with van der Waals surface area (Å²) >= 11 is 5.82. The Kier molecular flexibility index (Phi) is 4.64. The third-order valence-corrected chi connectivity index (χ3v) is 4.40. The van der Waals surface area contributed by atoms with E-state index in [1.54, 1.807) is 29.2 Å². The monoisotopic (exact) mass is 322 g/mol. The second-order valence-electron chi connectivity index (χ2n) is 5.83. The summed E-state index contributed by atoms with van der Waals surface area (Å²) in [7, 11) is 0. The third-order valence-electron chi connectivity index (χ3n) is 4.15. The molecule has 2 amide bonds. The Morgan fingerprint density at radius 1 is 1.36 bits per heavy atom. The van der Waals surface area contributed by atoms with Gasteiger partial charge in [0, 0.05) is 36.8 Å². The van der Waals surface area contributed by atoms with Crippen LogP contribution in [0.15, 0.2) is 24.3 Å². The van der Waals surface area contributed by atoms with Crippen LogP contribution < -0.4 is 5.32 Å². The topological polar surface area (TPSA) is 58.6 Å². The summed E-state index contributed by atoms with van der Waals surface area (Å²) in [5.74, 6) is -0.387. The van der Waals surface area contributed by atoms with E-state index >= 15 is 0 Å². The molecule has 2 saturated heterocycles. The molecule has 0 spiro atoms. The SMILES string of the molecule is O=C(Nc1ccc(Cl)cc1)C1CC(=O)N(CC2CCCO2)C1. The average Bonchev–Trinajstić information content (AvgIpc) is 3.13. The van der Waals surface area contributed by atoms with E-state index in [1.165, 1.54) is 0 Å². The molecule has 1 N–H and O–H groups in total. The molecule has 3 rings (SSSR count). The molecular weight excluding hydrogens is 304 g/mol. The van der Waals surface area contributed by atoms with Crippen molar-refractivity contribution in [3.05, 3.63) is 29.3 Å². The minimum absolute atomic E-state index is 0.0340. The molecule has 1 aromatic carbocycles. The lowest BCUT2D eigenvalue weighted by molar-refractivity contribution is -0.129. The van der Waals surface area contributed by atoms with Crippen molar-refractivity contribution >= 4 is 29.1 Å². The fraction of sp³-hybridized carbons (Fsp3) is 0.500. The lowest BCUT2D eigenvalue weighted by Gasteiger charge is -2.20. The number of halogens is 1. The van der Waals surface area contributed by atoms with Crippen molar-refractivity contribution in [2.75, 3.05) is 25.0 Å². The van der Waals surface area contributed by atoms with E-state index in [0.29, 0.717) is 23.8 Å². The van der Waals surface area contributed by atoms with E-state index in [0.717, 1.165) is 19.4 Å². The predicted molar refractivity (Wildman–Crippen MR) is 83.7 cm³/mol. The van der Waals surface area contributed by atoms with Gasteiger partial charge >= 0.3 is 0 Å². The van der Waals surface area contributed by atoms with Crippen molar-refractivity contribution < 1.29 is 14.3 Å². The smallest absolute Gasteiger partial charge is 0.229 e. The minimum atomic E-state index is -0.301. The van der Waals surface area contributed by atoms with E-state index in [9.17, 15) is 9.59 Å². The van der Waals surface area contributed by atoms with Gasteiger partial charge in [-0.2, -0.15) is 0 Å². The van der Waals surface area contributed by atoms with Gasteiger partial charge in [0.25, 0.3) is 0 Å². The zero-order valence-corrected chi connectivity index (χ0v) is 13.0. The van der Waals surface area contributed by atoms with Crippen LogP contribution in [0.4, 0.5) is 5.69 Å². The number of benzene rings is 1. The Balaban J connectivity index is 1.55. The standard InChI is InChI=1S/C16H19ClN2O3/c17-12-3-5-13(6-4-12)18-16(21)11-8-15(20)19(9-11)10-14-2-1-7-22-14/h3-6,11,14H,1-2,7-10H2,(H,18,21). The molecule has 0 saturated carbocycles. The zero-order chi connectivity index (χ0) is 15.5. The van der Waals surface area contributed by atoms with Gasteiger partial charge in [-0.15, -0.1) is 0 Å². The van der Waals surface area contributed by atoms with Gasteiger partial charge in [-0.25, -0.2) is 0 Å². The number of carbonyl (C=O) groups excluding carboxylic acids is 2. The molecule has 1 aromatic rings. The summed E-state index contributed by atoms with van der Waals surface area (Å²) < 4.78 is 5.56. The second kappa shape index (κ2) is 6.67. The molecule has 22 heavy (non-hydrogen) atoms. The number of carbonyl (C=O) groups is 2.